The van der Waals surface area contributed by atoms with Gasteiger partial charge in [-0.1, -0.05) is 41.5 Å². The normalized spacial score (nSPS) is 20.0. The van der Waals surface area contributed by atoms with Gasteiger partial charge in [-0.3, -0.25) is 4.79 Å². The van der Waals surface area contributed by atoms with Gasteiger partial charge in [0.1, 0.15) is 5.75 Å². The minimum absolute atomic E-state index is 0.0911. The van der Waals surface area contributed by atoms with Crippen molar-refractivity contribution in [3.05, 3.63) is 33.7 Å². The van der Waals surface area contributed by atoms with E-state index in [0.717, 1.165) is 16.7 Å². The number of carbonyl (C=O) groups excluding carboxylic acids is 1. The van der Waals surface area contributed by atoms with Crippen LogP contribution in [0.2, 0.25) is 0 Å². The van der Waals surface area contributed by atoms with E-state index in [-0.39, 0.29) is 22.5 Å². The summed E-state index contributed by atoms with van der Waals surface area (Å²) in [7, 11) is -3.21. The van der Waals surface area contributed by atoms with Crippen LogP contribution in [-0.4, -0.2) is 65.7 Å². The van der Waals surface area contributed by atoms with E-state index >= 15 is 0 Å². The van der Waals surface area contributed by atoms with Crippen LogP contribution in [0.1, 0.15) is 65.2 Å². The number of piperazine rings is 1. The molecule has 1 aromatic rings. The predicted octanol–water partition coefficient (Wildman–Crippen LogP) is 3.92. The van der Waals surface area contributed by atoms with E-state index in [4.69, 9.17) is 0 Å². The summed E-state index contributed by atoms with van der Waals surface area (Å²) in [4.78, 5) is 19.4. The van der Waals surface area contributed by atoms with E-state index in [0.29, 0.717) is 42.0 Å². The number of phenolic OH excluding ortho intramolecular Hbond substituents is 1. The number of aliphatic imine (C=N–C) groups is 1. The average molecular weight is 494 g/mol. The van der Waals surface area contributed by atoms with Crippen LogP contribution in [0.3, 0.4) is 0 Å². The van der Waals surface area contributed by atoms with Gasteiger partial charge >= 0.3 is 0 Å². The van der Waals surface area contributed by atoms with Crippen molar-refractivity contribution >= 4 is 38.9 Å². The van der Waals surface area contributed by atoms with Crippen molar-refractivity contribution in [1.82, 2.24) is 9.21 Å². The summed E-state index contributed by atoms with van der Waals surface area (Å²) >= 11 is 1.32. The Bertz CT molecular complexity index is 1070. The van der Waals surface area contributed by atoms with Gasteiger partial charge in [-0.15, -0.1) is 0 Å². The van der Waals surface area contributed by atoms with Crippen LogP contribution in [0.25, 0.3) is 6.08 Å². The van der Waals surface area contributed by atoms with Gasteiger partial charge in [0.15, 0.2) is 5.17 Å². The molecule has 182 valence electrons. The lowest BCUT2D eigenvalue weighted by atomic mass is 9.78. The number of amides is 1. The van der Waals surface area contributed by atoms with Crippen LogP contribution in [0.15, 0.2) is 22.0 Å². The number of rotatable bonds is 3. The maximum Gasteiger partial charge on any atom is 0.286 e. The highest BCUT2D eigenvalue weighted by atomic mass is 32.2. The average Bonchev–Trinajstić information content (AvgIpc) is 3.08. The Kier molecular flexibility index (Phi) is 7.09. The smallest absolute Gasteiger partial charge is 0.286 e. The maximum atomic E-state index is 12.7. The number of hydrogen-bond donors (Lipinski definition) is 1. The fourth-order valence-electron chi connectivity index (χ4n) is 3.91. The SMILES string of the molecule is CCS(=O)(=O)N1CCN(C2=NC(=O)C(=Cc3cc(C(C)(C)C)c(O)c(C(C)(C)C)c3)S2)CC1. The van der Waals surface area contributed by atoms with E-state index in [1.165, 1.54) is 16.1 Å². The van der Waals surface area contributed by atoms with E-state index in [9.17, 15) is 18.3 Å². The molecule has 1 amide bonds. The molecule has 9 heteroatoms. The van der Waals surface area contributed by atoms with Crippen molar-refractivity contribution in [1.29, 1.82) is 0 Å². The van der Waals surface area contributed by atoms with Gasteiger partial charge in [0.05, 0.1) is 10.7 Å². The second kappa shape index (κ2) is 9.07. The molecule has 1 fully saturated rings. The number of benzene rings is 1. The molecule has 0 spiro atoms. The molecule has 2 heterocycles. The molecule has 7 nitrogen and oxygen atoms in total. The predicted molar refractivity (Wildman–Crippen MR) is 136 cm³/mol. The van der Waals surface area contributed by atoms with Crippen molar-refractivity contribution in [2.24, 2.45) is 4.99 Å². The number of sulfonamides is 1. The van der Waals surface area contributed by atoms with Crippen molar-refractivity contribution in [3.63, 3.8) is 0 Å². The molecular formula is C24H35N3O4S2. The number of nitrogens with zero attached hydrogens (tertiary/aromatic N) is 3. The molecule has 2 aliphatic rings. The second-order valence-electron chi connectivity index (χ2n) is 10.6. The second-order valence-corrected chi connectivity index (χ2v) is 13.8. The lowest BCUT2D eigenvalue weighted by Crippen LogP contribution is -2.50. The monoisotopic (exact) mass is 493 g/mol. The van der Waals surface area contributed by atoms with E-state index in [2.05, 4.69) is 46.5 Å². The third-order valence-corrected chi connectivity index (χ3v) is 8.85. The summed E-state index contributed by atoms with van der Waals surface area (Å²) < 4.78 is 25.7. The summed E-state index contributed by atoms with van der Waals surface area (Å²) in [6.07, 6.45) is 1.84. The Balaban J connectivity index is 1.84. The minimum atomic E-state index is -3.21. The van der Waals surface area contributed by atoms with Crippen LogP contribution in [0.4, 0.5) is 0 Å². The molecule has 1 saturated heterocycles. The molecular weight excluding hydrogens is 458 g/mol. The van der Waals surface area contributed by atoms with Crippen molar-refractivity contribution in [2.75, 3.05) is 31.9 Å². The standard InChI is InChI=1S/C24H35N3O4S2/c1-8-33(30,31)27-11-9-26(10-12-27)22-25-21(29)19(32-22)15-16-13-17(23(2,3)4)20(28)18(14-16)24(5,6)7/h13-15,28H,8-12H2,1-7H3. The zero-order valence-electron chi connectivity index (χ0n) is 20.6. The largest absolute Gasteiger partial charge is 0.507 e. The molecule has 0 radical (unpaired) electrons. The first-order valence-electron chi connectivity index (χ1n) is 11.3. The maximum absolute atomic E-state index is 12.7. The van der Waals surface area contributed by atoms with Gasteiger partial charge in [-0.05, 0) is 53.3 Å². The Morgan fingerprint density at radius 3 is 2.00 bits per heavy atom. The van der Waals surface area contributed by atoms with Gasteiger partial charge in [0.2, 0.25) is 10.0 Å². The van der Waals surface area contributed by atoms with Crippen LogP contribution >= 0.6 is 11.8 Å². The van der Waals surface area contributed by atoms with E-state index in [1.807, 2.05) is 23.1 Å². The number of amidine groups is 1. The fourth-order valence-corrected chi connectivity index (χ4v) is 5.96. The van der Waals surface area contributed by atoms with Gasteiger partial charge in [-0.25, -0.2) is 8.42 Å². The number of aromatic hydroxyl groups is 1. The lowest BCUT2D eigenvalue weighted by Gasteiger charge is -2.34. The number of hydrogen-bond acceptors (Lipinski definition) is 6. The molecule has 0 atom stereocenters. The third kappa shape index (κ3) is 5.63. The first kappa shape index (κ1) is 25.8. The Morgan fingerprint density at radius 2 is 1.55 bits per heavy atom. The van der Waals surface area contributed by atoms with Gasteiger partial charge < -0.3 is 10.0 Å². The number of thioether (sulfide) groups is 1. The molecule has 0 saturated carbocycles. The van der Waals surface area contributed by atoms with Crippen molar-refractivity contribution < 1.29 is 18.3 Å². The zero-order valence-corrected chi connectivity index (χ0v) is 22.2. The molecule has 0 aromatic heterocycles. The highest BCUT2D eigenvalue weighted by molar-refractivity contribution is 8.18. The molecule has 0 bridgehead atoms. The summed E-state index contributed by atoms with van der Waals surface area (Å²) in [5.41, 5.74) is 2.02. The molecule has 3 rings (SSSR count). The molecule has 1 aromatic carbocycles. The van der Waals surface area contributed by atoms with Crippen LogP contribution in [0.5, 0.6) is 5.75 Å². The topological polar surface area (TPSA) is 90.3 Å². The Hall–Kier alpha value is -1.84. The summed E-state index contributed by atoms with van der Waals surface area (Å²) in [5.74, 6) is 0.106. The van der Waals surface area contributed by atoms with Gasteiger partial charge in [-0.2, -0.15) is 9.30 Å². The van der Waals surface area contributed by atoms with E-state index < -0.39 is 10.0 Å². The summed E-state index contributed by atoms with van der Waals surface area (Å²) in [6, 6.07) is 3.88. The summed E-state index contributed by atoms with van der Waals surface area (Å²) in [6.45, 7) is 15.8. The minimum Gasteiger partial charge on any atom is -0.507 e. The molecule has 33 heavy (non-hydrogen) atoms. The molecule has 1 N–H and O–H groups in total. The van der Waals surface area contributed by atoms with Crippen molar-refractivity contribution in [2.45, 2.75) is 59.3 Å². The quantitative estimate of drug-likeness (QED) is 0.642. The van der Waals surface area contributed by atoms with Crippen LogP contribution in [0, 0.1) is 0 Å². The summed E-state index contributed by atoms with van der Waals surface area (Å²) in [5, 5.41) is 11.6. The lowest BCUT2D eigenvalue weighted by molar-refractivity contribution is -0.113. The molecule has 2 aliphatic heterocycles. The molecule has 0 unspecified atom stereocenters. The van der Waals surface area contributed by atoms with Gasteiger partial charge in [0.25, 0.3) is 5.91 Å². The first-order chi connectivity index (χ1) is 15.1. The Morgan fingerprint density at radius 1 is 1.03 bits per heavy atom. The number of phenols is 1. The first-order valence-corrected chi connectivity index (χ1v) is 13.7. The third-order valence-electron chi connectivity index (χ3n) is 5.92. The van der Waals surface area contributed by atoms with Crippen molar-refractivity contribution in [3.8, 4) is 5.75 Å². The zero-order chi connectivity index (χ0) is 24.8. The van der Waals surface area contributed by atoms with Crippen LogP contribution < -0.4 is 0 Å². The van der Waals surface area contributed by atoms with E-state index in [1.54, 1.807) is 6.92 Å². The highest BCUT2D eigenvalue weighted by Crippen LogP contribution is 2.41. The molecule has 0 aliphatic carbocycles. The highest BCUT2D eigenvalue weighted by Gasteiger charge is 2.32. The van der Waals surface area contributed by atoms with Gasteiger partial charge in [0, 0.05) is 37.3 Å². The van der Waals surface area contributed by atoms with Crippen LogP contribution in [-0.2, 0) is 25.6 Å². The fraction of sp³-hybridized carbons (Fsp3) is 0.583. The Labute approximate surface area is 202 Å². The number of carbonyl (C=O) groups is 1.